The molecule has 4 nitrogen and oxygen atoms in total. The van der Waals surface area contributed by atoms with Crippen LogP contribution in [0.2, 0.25) is 0 Å². The Morgan fingerprint density at radius 1 is 1.08 bits per heavy atom. The summed E-state index contributed by atoms with van der Waals surface area (Å²) in [5.41, 5.74) is 1.03. The summed E-state index contributed by atoms with van der Waals surface area (Å²) in [6, 6.07) is 9.72. The van der Waals surface area contributed by atoms with Crippen LogP contribution in [0.4, 0.5) is 23.2 Å². The van der Waals surface area contributed by atoms with Gasteiger partial charge in [0, 0.05) is 31.9 Å². The largest absolute Gasteiger partial charge is 0.477 e. The van der Waals surface area contributed by atoms with Crippen LogP contribution in [0.5, 0.6) is 5.75 Å². The lowest BCUT2D eigenvalue weighted by molar-refractivity contribution is -0.123. The zero-order chi connectivity index (χ0) is 19.1. The quantitative estimate of drug-likeness (QED) is 0.441. The number of anilines is 1. The molecule has 0 heterocycles. The third-order valence-corrected chi connectivity index (χ3v) is 3.61. The van der Waals surface area contributed by atoms with Crippen LogP contribution in [0.1, 0.15) is 6.42 Å². The van der Waals surface area contributed by atoms with E-state index >= 15 is 0 Å². The molecule has 0 saturated heterocycles. The fraction of sp³-hybridized carbons (Fsp3) is 0.278. The summed E-state index contributed by atoms with van der Waals surface area (Å²) in [5, 5.41) is 2.50. The van der Waals surface area contributed by atoms with Gasteiger partial charge in [-0.05, 0) is 18.6 Å². The first-order chi connectivity index (χ1) is 12.4. The van der Waals surface area contributed by atoms with E-state index in [0.717, 1.165) is 5.69 Å². The van der Waals surface area contributed by atoms with Crippen molar-refractivity contribution in [2.75, 3.05) is 31.6 Å². The van der Waals surface area contributed by atoms with Crippen molar-refractivity contribution in [1.82, 2.24) is 5.32 Å². The first kappa shape index (κ1) is 19.6. The number of rotatable bonds is 8. The van der Waals surface area contributed by atoms with Crippen LogP contribution < -0.4 is 15.0 Å². The molecule has 0 fully saturated rings. The lowest BCUT2D eigenvalue weighted by Crippen LogP contribution is -2.32. The SMILES string of the molecule is CN(CCCNC(=O)COc1c(F)c(F)cc(F)c1F)c1ccccc1. The van der Waals surface area contributed by atoms with Gasteiger partial charge in [0.15, 0.2) is 24.0 Å². The van der Waals surface area contributed by atoms with E-state index in [4.69, 9.17) is 0 Å². The summed E-state index contributed by atoms with van der Waals surface area (Å²) in [6.07, 6.45) is 0.619. The molecule has 0 atom stereocenters. The topological polar surface area (TPSA) is 41.6 Å². The smallest absolute Gasteiger partial charge is 0.257 e. The van der Waals surface area contributed by atoms with Crippen LogP contribution in [0.3, 0.4) is 0 Å². The first-order valence-electron chi connectivity index (χ1n) is 7.89. The van der Waals surface area contributed by atoms with Crippen molar-refractivity contribution in [2.45, 2.75) is 6.42 Å². The minimum absolute atomic E-state index is 0.0703. The summed E-state index contributed by atoms with van der Waals surface area (Å²) >= 11 is 0. The summed E-state index contributed by atoms with van der Waals surface area (Å²) in [6.45, 7) is 0.219. The number of hydrogen-bond acceptors (Lipinski definition) is 3. The molecule has 2 rings (SSSR count). The monoisotopic (exact) mass is 370 g/mol. The summed E-state index contributed by atoms with van der Waals surface area (Å²) in [7, 11) is 1.91. The minimum Gasteiger partial charge on any atom is -0.477 e. The molecule has 0 saturated carbocycles. The Morgan fingerprint density at radius 2 is 1.69 bits per heavy atom. The van der Waals surface area contributed by atoms with Crippen LogP contribution >= 0.6 is 0 Å². The maximum absolute atomic E-state index is 13.4. The molecule has 8 heteroatoms. The van der Waals surface area contributed by atoms with E-state index in [0.29, 0.717) is 19.5 Å². The van der Waals surface area contributed by atoms with E-state index in [9.17, 15) is 22.4 Å². The molecule has 0 aliphatic carbocycles. The van der Waals surface area contributed by atoms with E-state index in [2.05, 4.69) is 10.1 Å². The molecule has 140 valence electrons. The molecule has 2 aromatic rings. The van der Waals surface area contributed by atoms with Gasteiger partial charge in [-0.2, -0.15) is 8.78 Å². The zero-order valence-corrected chi connectivity index (χ0v) is 14.1. The summed E-state index contributed by atoms with van der Waals surface area (Å²) in [5.74, 6) is -8.45. The number of nitrogens with zero attached hydrogens (tertiary/aromatic N) is 1. The molecule has 0 spiro atoms. The van der Waals surface area contributed by atoms with E-state index in [1.165, 1.54) is 0 Å². The molecular formula is C18H18F4N2O2. The fourth-order valence-electron chi connectivity index (χ4n) is 2.22. The first-order valence-corrected chi connectivity index (χ1v) is 7.89. The van der Waals surface area contributed by atoms with Gasteiger partial charge < -0.3 is 15.0 Å². The number of nitrogens with one attached hydrogen (secondary N) is 1. The van der Waals surface area contributed by atoms with E-state index in [1.54, 1.807) is 0 Å². The second kappa shape index (κ2) is 9.07. The Kier molecular flexibility index (Phi) is 6.82. The molecule has 26 heavy (non-hydrogen) atoms. The predicted octanol–water partition coefficient (Wildman–Crippen LogP) is 3.26. The molecule has 0 bridgehead atoms. The van der Waals surface area contributed by atoms with Crippen LogP contribution in [0, 0.1) is 23.3 Å². The minimum atomic E-state index is -1.68. The Balaban J connectivity index is 1.75. The van der Waals surface area contributed by atoms with Crippen LogP contribution in [-0.2, 0) is 4.79 Å². The van der Waals surface area contributed by atoms with Gasteiger partial charge in [0.05, 0.1) is 0 Å². The molecule has 1 N–H and O–H groups in total. The molecule has 0 unspecified atom stereocenters. The van der Waals surface area contributed by atoms with Crippen molar-refractivity contribution < 1.29 is 27.1 Å². The summed E-state index contributed by atoms with van der Waals surface area (Å²) < 4.78 is 57.5. The van der Waals surface area contributed by atoms with Gasteiger partial charge in [-0.15, -0.1) is 0 Å². The van der Waals surface area contributed by atoms with Crippen molar-refractivity contribution in [3.8, 4) is 5.75 Å². The lowest BCUT2D eigenvalue weighted by atomic mass is 10.3. The highest BCUT2D eigenvalue weighted by atomic mass is 19.2. The average Bonchev–Trinajstić information content (AvgIpc) is 2.64. The maximum atomic E-state index is 13.4. The third-order valence-electron chi connectivity index (χ3n) is 3.61. The van der Waals surface area contributed by atoms with Gasteiger partial charge in [0.2, 0.25) is 11.6 Å². The normalized spacial score (nSPS) is 10.5. The van der Waals surface area contributed by atoms with Crippen molar-refractivity contribution >= 4 is 11.6 Å². The molecule has 0 aliphatic heterocycles. The fourth-order valence-corrected chi connectivity index (χ4v) is 2.22. The highest BCUT2D eigenvalue weighted by molar-refractivity contribution is 5.77. The van der Waals surface area contributed by atoms with Crippen LogP contribution in [-0.4, -0.2) is 32.7 Å². The molecule has 0 aliphatic rings. The van der Waals surface area contributed by atoms with Gasteiger partial charge in [-0.25, -0.2) is 8.78 Å². The van der Waals surface area contributed by atoms with Crippen molar-refractivity contribution in [3.63, 3.8) is 0 Å². The van der Waals surface area contributed by atoms with E-state index in [1.807, 2.05) is 42.3 Å². The molecule has 1 amide bonds. The predicted molar refractivity (Wildman–Crippen MR) is 89.1 cm³/mol. The number of para-hydroxylation sites is 1. The van der Waals surface area contributed by atoms with Gasteiger partial charge in [0.25, 0.3) is 5.91 Å². The lowest BCUT2D eigenvalue weighted by Gasteiger charge is -2.19. The van der Waals surface area contributed by atoms with E-state index < -0.39 is 41.5 Å². The number of hydrogen-bond donors (Lipinski definition) is 1. The van der Waals surface area contributed by atoms with Crippen molar-refractivity contribution in [2.24, 2.45) is 0 Å². The van der Waals surface area contributed by atoms with E-state index in [-0.39, 0.29) is 6.07 Å². The Labute approximate surface area is 148 Å². The standard InChI is InChI=1S/C18H18F4N2O2/c1-24(12-6-3-2-4-7-12)9-5-8-23-15(25)11-26-18-16(21)13(19)10-14(20)17(18)22/h2-4,6-7,10H,5,8-9,11H2,1H3,(H,23,25). The number of benzene rings is 2. The number of carbonyl (C=O) groups excluding carboxylic acids is 1. The Morgan fingerprint density at radius 3 is 2.31 bits per heavy atom. The highest BCUT2D eigenvalue weighted by Gasteiger charge is 2.21. The van der Waals surface area contributed by atoms with Gasteiger partial charge in [-0.3, -0.25) is 4.79 Å². The van der Waals surface area contributed by atoms with Crippen LogP contribution in [0.15, 0.2) is 36.4 Å². The summed E-state index contributed by atoms with van der Waals surface area (Å²) in [4.78, 5) is 13.6. The van der Waals surface area contributed by atoms with Crippen molar-refractivity contribution in [1.29, 1.82) is 0 Å². The number of ether oxygens (including phenoxy) is 1. The van der Waals surface area contributed by atoms with Gasteiger partial charge in [-0.1, -0.05) is 18.2 Å². The van der Waals surface area contributed by atoms with Crippen LogP contribution in [0.25, 0.3) is 0 Å². The molecule has 0 radical (unpaired) electrons. The third kappa shape index (κ3) is 5.11. The molecule has 2 aromatic carbocycles. The second-order valence-corrected chi connectivity index (χ2v) is 5.55. The zero-order valence-electron chi connectivity index (χ0n) is 14.1. The number of halogens is 4. The Bertz CT molecular complexity index is 730. The second-order valence-electron chi connectivity index (χ2n) is 5.55. The number of carbonyl (C=O) groups is 1. The molecular weight excluding hydrogens is 352 g/mol. The van der Waals surface area contributed by atoms with Gasteiger partial charge >= 0.3 is 0 Å². The van der Waals surface area contributed by atoms with Gasteiger partial charge in [0.1, 0.15) is 0 Å². The highest BCUT2D eigenvalue weighted by Crippen LogP contribution is 2.26. The van der Waals surface area contributed by atoms with Crippen molar-refractivity contribution in [3.05, 3.63) is 59.7 Å². The molecule has 0 aromatic heterocycles. The number of amides is 1. The maximum Gasteiger partial charge on any atom is 0.257 e. The average molecular weight is 370 g/mol. The Hall–Kier alpha value is -2.77.